The molecule has 2 heteroatoms. The third kappa shape index (κ3) is 3.50. The van der Waals surface area contributed by atoms with E-state index in [9.17, 15) is 0 Å². The highest BCUT2D eigenvalue weighted by Crippen LogP contribution is 2.12. The van der Waals surface area contributed by atoms with E-state index in [0.717, 1.165) is 22.4 Å². The van der Waals surface area contributed by atoms with Crippen molar-refractivity contribution < 1.29 is 0 Å². The molecule has 1 aromatic heterocycles. The van der Waals surface area contributed by atoms with Crippen molar-refractivity contribution in [2.24, 2.45) is 4.99 Å². The molecule has 0 spiro atoms. The number of allylic oxidation sites excluding steroid dienone is 2. The van der Waals surface area contributed by atoms with Crippen LogP contribution in [0.25, 0.3) is 5.57 Å². The maximum absolute atomic E-state index is 4.33. The van der Waals surface area contributed by atoms with Gasteiger partial charge in [-0.3, -0.25) is 9.98 Å². The van der Waals surface area contributed by atoms with E-state index < -0.39 is 0 Å². The van der Waals surface area contributed by atoms with Gasteiger partial charge >= 0.3 is 0 Å². The molecule has 0 aliphatic carbocycles. The van der Waals surface area contributed by atoms with E-state index in [-0.39, 0.29) is 0 Å². The predicted molar refractivity (Wildman–Crippen MR) is 65.8 cm³/mol. The monoisotopic (exact) mass is 200 g/mol. The zero-order valence-corrected chi connectivity index (χ0v) is 9.49. The van der Waals surface area contributed by atoms with Crippen LogP contribution in [0.2, 0.25) is 0 Å². The maximum Gasteiger partial charge on any atom is 0.0395 e. The summed E-state index contributed by atoms with van der Waals surface area (Å²) >= 11 is 0. The topological polar surface area (TPSA) is 25.2 Å². The molecule has 15 heavy (non-hydrogen) atoms. The largest absolute Gasteiger partial charge is 0.265 e. The van der Waals surface area contributed by atoms with Gasteiger partial charge in [-0.15, -0.1) is 0 Å². The Labute approximate surface area is 91.1 Å². The summed E-state index contributed by atoms with van der Waals surface area (Å²) in [5, 5.41) is 0. The van der Waals surface area contributed by atoms with Crippen LogP contribution in [0.4, 0.5) is 0 Å². The summed E-state index contributed by atoms with van der Waals surface area (Å²) in [5.74, 6) is 0. The molecule has 0 radical (unpaired) electrons. The Kier molecular flexibility index (Phi) is 3.98. The first-order valence-electron chi connectivity index (χ1n) is 4.88. The van der Waals surface area contributed by atoms with Gasteiger partial charge in [0, 0.05) is 24.3 Å². The number of hydrogen-bond donors (Lipinski definition) is 0. The Balaban J connectivity index is 2.86. The smallest absolute Gasteiger partial charge is 0.0395 e. The van der Waals surface area contributed by atoms with Gasteiger partial charge in [0.1, 0.15) is 0 Å². The number of aliphatic imine (C=N–C) groups is 1. The minimum absolute atomic E-state index is 0.961. The summed E-state index contributed by atoms with van der Waals surface area (Å²) < 4.78 is 0. The molecule has 0 unspecified atom stereocenters. The molecule has 0 atom stereocenters. The van der Waals surface area contributed by atoms with Crippen LogP contribution >= 0.6 is 0 Å². The van der Waals surface area contributed by atoms with Crippen molar-refractivity contribution in [3.05, 3.63) is 48.4 Å². The maximum atomic E-state index is 4.33. The predicted octanol–water partition coefficient (Wildman–Crippen LogP) is 3.48. The summed E-state index contributed by atoms with van der Waals surface area (Å²) in [5.41, 5.74) is 4.22. The van der Waals surface area contributed by atoms with Gasteiger partial charge in [0.15, 0.2) is 0 Å². The molecule has 0 aromatic carbocycles. The molecular weight excluding hydrogens is 184 g/mol. The molecule has 0 fully saturated rings. The Morgan fingerprint density at radius 1 is 1.27 bits per heavy atom. The van der Waals surface area contributed by atoms with Gasteiger partial charge in [0.25, 0.3) is 0 Å². The number of pyridine rings is 1. The summed E-state index contributed by atoms with van der Waals surface area (Å²) in [6.07, 6.45) is 5.42. The van der Waals surface area contributed by atoms with Crippen molar-refractivity contribution in [3.8, 4) is 0 Å². The summed E-state index contributed by atoms with van der Waals surface area (Å²) in [6, 6.07) is 3.94. The van der Waals surface area contributed by atoms with Crippen molar-refractivity contribution in [1.82, 2.24) is 4.98 Å². The minimum Gasteiger partial charge on any atom is -0.265 e. The van der Waals surface area contributed by atoms with Crippen LogP contribution in [0, 0.1) is 0 Å². The number of hydrogen-bond acceptors (Lipinski definition) is 2. The fourth-order valence-electron chi connectivity index (χ4n) is 0.993. The van der Waals surface area contributed by atoms with Crippen LogP contribution in [0.3, 0.4) is 0 Å². The van der Waals surface area contributed by atoms with E-state index in [1.807, 2.05) is 39.1 Å². The number of aromatic nitrogens is 1. The molecular formula is C13H16N2. The van der Waals surface area contributed by atoms with Crippen molar-refractivity contribution in [3.63, 3.8) is 0 Å². The second-order valence-electron chi connectivity index (χ2n) is 3.54. The van der Waals surface area contributed by atoms with E-state index in [4.69, 9.17) is 0 Å². The SMILES string of the molecule is C=C(C)C(C)=N/C=C(\C)c1ccncc1. The highest BCUT2D eigenvalue weighted by Gasteiger charge is 1.93. The van der Waals surface area contributed by atoms with Crippen LogP contribution in [0.5, 0.6) is 0 Å². The minimum atomic E-state index is 0.961. The number of rotatable bonds is 3. The molecule has 0 aliphatic heterocycles. The van der Waals surface area contributed by atoms with E-state index in [2.05, 4.69) is 16.6 Å². The molecule has 2 nitrogen and oxygen atoms in total. The standard InChI is InChI=1S/C13H16N2/c1-10(2)12(4)15-9-11(3)13-5-7-14-8-6-13/h5-9H,1H2,2-4H3/b11-9+,15-12?. The van der Waals surface area contributed by atoms with Gasteiger partial charge in [-0.05, 0) is 49.6 Å². The fourth-order valence-corrected chi connectivity index (χ4v) is 0.993. The lowest BCUT2D eigenvalue weighted by Crippen LogP contribution is -1.89. The molecule has 1 heterocycles. The number of nitrogens with zero attached hydrogens (tertiary/aromatic N) is 2. The van der Waals surface area contributed by atoms with Gasteiger partial charge in [0.2, 0.25) is 0 Å². The Morgan fingerprint density at radius 3 is 2.40 bits per heavy atom. The summed E-state index contributed by atoms with van der Waals surface area (Å²) in [7, 11) is 0. The second kappa shape index (κ2) is 5.25. The molecule has 0 saturated heterocycles. The molecule has 0 N–H and O–H groups in total. The lowest BCUT2D eigenvalue weighted by Gasteiger charge is -1.99. The van der Waals surface area contributed by atoms with Crippen molar-refractivity contribution >= 4 is 11.3 Å². The first-order valence-corrected chi connectivity index (χ1v) is 4.88. The molecule has 1 rings (SSSR count). The van der Waals surface area contributed by atoms with Gasteiger partial charge < -0.3 is 0 Å². The van der Waals surface area contributed by atoms with Crippen LogP contribution in [0.15, 0.2) is 47.9 Å². The van der Waals surface area contributed by atoms with Crippen LogP contribution in [-0.4, -0.2) is 10.7 Å². The Bertz CT molecular complexity index is 400. The van der Waals surface area contributed by atoms with Gasteiger partial charge in [-0.2, -0.15) is 0 Å². The normalized spacial score (nSPS) is 12.7. The van der Waals surface area contributed by atoms with E-state index >= 15 is 0 Å². The molecule has 0 bridgehead atoms. The van der Waals surface area contributed by atoms with Gasteiger partial charge in [-0.1, -0.05) is 6.58 Å². The van der Waals surface area contributed by atoms with Crippen LogP contribution < -0.4 is 0 Å². The zero-order chi connectivity index (χ0) is 11.3. The molecule has 1 aromatic rings. The Morgan fingerprint density at radius 2 is 1.87 bits per heavy atom. The van der Waals surface area contributed by atoms with E-state index in [1.165, 1.54) is 0 Å². The highest BCUT2D eigenvalue weighted by atomic mass is 14.7. The van der Waals surface area contributed by atoms with E-state index in [1.54, 1.807) is 12.4 Å². The third-order valence-corrected chi connectivity index (χ3v) is 2.21. The zero-order valence-electron chi connectivity index (χ0n) is 9.49. The van der Waals surface area contributed by atoms with E-state index in [0.29, 0.717) is 0 Å². The van der Waals surface area contributed by atoms with Crippen molar-refractivity contribution in [1.29, 1.82) is 0 Å². The molecule has 0 amide bonds. The average Bonchev–Trinajstić information content (AvgIpc) is 2.26. The summed E-state index contributed by atoms with van der Waals surface area (Å²) in [4.78, 5) is 8.31. The fraction of sp³-hybridized carbons (Fsp3) is 0.231. The lowest BCUT2D eigenvalue weighted by atomic mass is 10.1. The highest BCUT2D eigenvalue weighted by molar-refractivity contribution is 5.97. The van der Waals surface area contributed by atoms with Crippen molar-refractivity contribution in [2.75, 3.05) is 0 Å². The van der Waals surface area contributed by atoms with Gasteiger partial charge in [0.05, 0.1) is 0 Å². The molecule has 78 valence electrons. The molecule has 0 aliphatic rings. The average molecular weight is 200 g/mol. The second-order valence-corrected chi connectivity index (χ2v) is 3.54. The lowest BCUT2D eigenvalue weighted by molar-refractivity contribution is 1.31. The first-order chi connectivity index (χ1) is 7.11. The van der Waals surface area contributed by atoms with Crippen molar-refractivity contribution in [2.45, 2.75) is 20.8 Å². The van der Waals surface area contributed by atoms with Crippen LogP contribution in [-0.2, 0) is 0 Å². The quantitative estimate of drug-likeness (QED) is 0.686. The van der Waals surface area contributed by atoms with Crippen LogP contribution in [0.1, 0.15) is 26.3 Å². The molecule has 0 saturated carbocycles. The third-order valence-electron chi connectivity index (χ3n) is 2.21. The first kappa shape index (κ1) is 11.4. The Hall–Kier alpha value is -1.70. The summed E-state index contributed by atoms with van der Waals surface area (Å²) in [6.45, 7) is 9.78. The van der Waals surface area contributed by atoms with Gasteiger partial charge in [-0.25, -0.2) is 0 Å².